The number of benzene rings is 2. The van der Waals surface area contributed by atoms with Crippen LogP contribution in [-0.2, 0) is 11.2 Å². The van der Waals surface area contributed by atoms with Crippen molar-refractivity contribution < 1.29 is 9.53 Å². The lowest BCUT2D eigenvalue weighted by Gasteiger charge is -2.13. The summed E-state index contributed by atoms with van der Waals surface area (Å²) in [5.41, 5.74) is 3.88. The molecule has 0 radical (unpaired) electrons. The standard InChI is InChI=1S/C19H24N2O2/c1-4-20-18-12-14(3)6-11-17(18)21-19(22)13-15-7-9-16(10-8-15)23-5-2/h6-12,20H,4-5,13H2,1-3H3,(H,21,22). The number of amides is 1. The number of ether oxygens (including phenoxy) is 1. The molecule has 0 unspecified atom stereocenters. The van der Waals surface area contributed by atoms with Gasteiger partial charge in [0.05, 0.1) is 24.4 Å². The molecule has 4 heteroatoms. The Morgan fingerprint density at radius 3 is 2.43 bits per heavy atom. The first-order chi connectivity index (χ1) is 11.1. The lowest BCUT2D eigenvalue weighted by atomic mass is 10.1. The maximum Gasteiger partial charge on any atom is 0.228 e. The number of carbonyl (C=O) groups excluding carboxylic acids is 1. The van der Waals surface area contributed by atoms with Crippen LogP contribution >= 0.6 is 0 Å². The molecule has 0 fully saturated rings. The topological polar surface area (TPSA) is 50.4 Å². The summed E-state index contributed by atoms with van der Waals surface area (Å²) in [5, 5.41) is 6.25. The predicted molar refractivity (Wildman–Crippen MR) is 95.3 cm³/mol. The van der Waals surface area contributed by atoms with Crippen LogP contribution in [0.2, 0.25) is 0 Å². The van der Waals surface area contributed by atoms with Crippen LogP contribution in [0.25, 0.3) is 0 Å². The first kappa shape index (κ1) is 16.9. The first-order valence-corrected chi connectivity index (χ1v) is 7.98. The zero-order valence-corrected chi connectivity index (χ0v) is 14.0. The maximum atomic E-state index is 12.3. The third kappa shape index (κ3) is 5.02. The summed E-state index contributed by atoms with van der Waals surface area (Å²) in [5.74, 6) is 0.793. The van der Waals surface area contributed by atoms with Gasteiger partial charge in [-0.3, -0.25) is 4.79 Å². The summed E-state index contributed by atoms with van der Waals surface area (Å²) in [6.07, 6.45) is 0.339. The lowest BCUT2D eigenvalue weighted by Crippen LogP contribution is -2.16. The van der Waals surface area contributed by atoms with Crippen molar-refractivity contribution in [2.45, 2.75) is 27.2 Å². The number of carbonyl (C=O) groups is 1. The molecular formula is C19H24N2O2. The molecule has 2 aromatic carbocycles. The SMILES string of the molecule is CCNc1cc(C)ccc1NC(=O)Cc1ccc(OCC)cc1. The van der Waals surface area contributed by atoms with Crippen LogP contribution in [0.3, 0.4) is 0 Å². The number of anilines is 2. The van der Waals surface area contributed by atoms with E-state index in [0.717, 1.165) is 34.8 Å². The fraction of sp³-hybridized carbons (Fsp3) is 0.316. The number of hydrogen-bond donors (Lipinski definition) is 2. The molecule has 0 spiro atoms. The van der Waals surface area contributed by atoms with Gasteiger partial charge in [-0.15, -0.1) is 0 Å². The monoisotopic (exact) mass is 312 g/mol. The van der Waals surface area contributed by atoms with Gasteiger partial charge in [0.1, 0.15) is 5.75 Å². The Bertz CT molecular complexity index is 651. The molecule has 0 aliphatic heterocycles. The molecule has 23 heavy (non-hydrogen) atoms. The highest BCUT2D eigenvalue weighted by Crippen LogP contribution is 2.23. The Morgan fingerprint density at radius 2 is 1.78 bits per heavy atom. The summed E-state index contributed by atoms with van der Waals surface area (Å²) < 4.78 is 5.41. The molecule has 0 aromatic heterocycles. The normalized spacial score (nSPS) is 10.2. The summed E-state index contributed by atoms with van der Waals surface area (Å²) in [6.45, 7) is 7.47. The van der Waals surface area contributed by atoms with Gasteiger partial charge in [0.15, 0.2) is 0 Å². The van der Waals surface area contributed by atoms with E-state index >= 15 is 0 Å². The Morgan fingerprint density at radius 1 is 1.04 bits per heavy atom. The second-order valence-electron chi connectivity index (χ2n) is 5.38. The molecule has 0 bridgehead atoms. The van der Waals surface area contributed by atoms with Gasteiger partial charge in [-0.05, 0) is 56.2 Å². The van der Waals surface area contributed by atoms with Crippen LogP contribution in [0, 0.1) is 6.92 Å². The van der Waals surface area contributed by atoms with Crippen molar-refractivity contribution in [2.75, 3.05) is 23.8 Å². The Labute approximate surface area is 137 Å². The molecule has 1 amide bonds. The molecule has 0 saturated carbocycles. The Hall–Kier alpha value is -2.49. The van der Waals surface area contributed by atoms with Gasteiger partial charge in [-0.25, -0.2) is 0 Å². The summed E-state index contributed by atoms with van der Waals surface area (Å²) in [4.78, 5) is 12.3. The number of aryl methyl sites for hydroxylation is 1. The zero-order chi connectivity index (χ0) is 16.7. The summed E-state index contributed by atoms with van der Waals surface area (Å²) in [7, 11) is 0. The van der Waals surface area contributed by atoms with Crippen molar-refractivity contribution in [1.82, 2.24) is 0 Å². The first-order valence-electron chi connectivity index (χ1n) is 7.98. The molecule has 122 valence electrons. The third-order valence-corrected chi connectivity index (χ3v) is 3.42. The van der Waals surface area contributed by atoms with Gasteiger partial charge in [0, 0.05) is 6.54 Å². The van der Waals surface area contributed by atoms with Crippen molar-refractivity contribution in [1.29, 1.82) is 0 Å². The Balaban J connectivity index is 2.01. The van der Waals surface area contributed by atoms with Gasteiger partial charge >= 0.3 is 0 Å². The molecule has 0 aliphatic rings. The van der Waals surface area contributed by atoms with Gasteiger partial charge in [-0.1, -0.05) is 18.2 Å². The average Bonchev–Trinajstić information content (AvgIpc) is 2.52. The van der Waals surface area contributed by atoms with Gasteiger partial charge in [-0.2, -0.15) is 0 Å². The highest BCUT2D eigenvalue weighted by atomic mass is 16.5. The molecule has 0 saturated heterocycles. The van der Waals surface area contributed by atoms with Gasteiger partial charge in [0.25, 0.3) is 0 Å². The Kier molecular flexibility index (Phi) is 6.03. The van der Waals surface area contributed by atoms with Crippen molar-refractivity contribution in [3.05, 3.63) is 53.6 Å². The average molecular weight is 312 g/mol. The van der Waals surface area contributed by atoms with Crippen LogP contribution in [0.4, 0.5) is 11.4 Å². The largest absolute Gasteiger partial charge is 0.494 e. The van der Waals surface area contributed by atoms with Crippen LogP contribution in [0.1, 0.15) is 25.0 Å². The second kappa shape index (κ2) is 8.22. The minimum Gasteiger partial charge on any atom is -0.494 e. The van der Waals surface area contributed by atoms with Crippen LogP contribution < -0.4 is 15.4 Å². The minimum absolute atomic E-state index is 0.0304. The van der Waals surface area contributed by atoms with Gasteiger partial charge < -0.3 is 15.4 Å². The molecule has 0 atom stereocenters. The fourth-order valence-electron chi connectivity index (χ4n) is 2.35. The molecule has 0 heterocycles. The van der Waals surface area contributed by atoms with Crippen molar-refractivity contribution in [2.24, 2.45) is 0 Å². The molecular weight excluding hydrogens is 288 g/mol. The zero-order valence-electron chi connectivity index (χ0n) is 14.0. The van der Waals surface area contributed by atoms with Crippen LogP contribution in [0.5, 0.6) is 5.75 Å². The number of rotatable bonds is 7. The van der Waals surface area contributed by atoms with E-state index in [-0.39, 0.29) is 5.91 Å². The molecule has 2 rings (SSSR count). The van der Waals surface area contributed by atoms with E-state index in [2.05, 4.69) is 10.6 Å². The molecule has 4 nitrogen and oxygen atoms in total. The quantitative estimate of drug-likeness (QED) is 0.812. The van der Waals surface area contributed by atoms with E-state index in [1.54, 1.807) is 0 Å². The molecule has 0 aliphatic carbocycles. The van der Waals surface area contributed by atoms with Crippen molar-refractivity contribution in [3.8, 4) is 5.75 Å². The van der Waals surface area contributed by atoms with Crippen LogP contribution in [0.15, 0.2) is 42.5 Å². The third-order valence-electron chi connectivity index (χ3n) is 3.42. The summed E-state index contributed by atoms with van der Waals surface area (Å²) >= 11 is 0. The van der Waals surface area contributed by atoms with E-state index < -0.39 is 0 Å². The van der Waals surface area contributed by atoms with Crippen molar-refractivity contribution >= 4 is 17.3 Å². The van der Waals surface area contributed by atoms with Gasteiger partial charge in [0.2, 0.25) is 5.91 Å². The highest BCUT2D eigenvalue weighted by Gasteiger charge is 2.08. The number of nitrogens with one attached hydrogen (secondary N) is 2. The molecule has 2 N–H and O–H groups in total. The highest BCUT2D eigenvalue weighted by molar-refractivity contribution is 5.95. The minimum atomic E-state index is -0.0304. The molecule has 2 aromatic rings. The fourth-order valence-corrected chi connectivity index (χ4v) is 2.35. The van der Waals surface area contributed by atoms with E-state index in [1.165, 1.54) is 0 Å². The second-order valence-corrected chi connectivity index (χ2v) is 5.38. The maximum absolute atomic E-state index is 12.3. The van der Waals surface area contributed by atoms with E-state index in [4.69, 9.17) is 4.74 Å². The van der Waals surface area contributed by atoms with Crippen LogP contribution in [-0.4, -0.2) is 19.1 Å². The smallest absolute Gasteiger partial charge is 0.228 e. The summed E-state index contributed by atoms with van der Waals surface area (Å²) in [6, 6.07) is 13.6. The lowest BCUT2D eigenvalue weighted by molar-refractivity contribution is -0.115. The van der Waals surface area contributed by atoms with Crippen molar-refractivity contribution in [3.63, 3.8) is 0 Å². The predicted octanol–water partition coefficient (Wildman–Crippen LogP) is 4.01. The number of hydrogen-bond acceptors (Lipinski definition) is 3. The van der Waals surface area contributed by atoms with E-state index in [0.29, 0.717) is 13.0 Å². The van der Waals surface area contributed by atoms with E-state index in [1.807, 2.05) is 63.2 Å². The van der Waals surface area contributed by atoms with E-state index in [9.17, 15) is 4.79 Å².